The van der Waals surface area contributed by atoms with Crippen molar-refractivity contribution in [3.8, 4) is 0 Å². The molecular formula is C24H44P+. The minimum Gasteiger partial charge on any atom is -0.0649 e. The molecule has 0 aliphatic heterocycles. The van der Waals surface area contributed by atoms with Gasteiger partial charge in [0.15, 0.2) is 0 Å². The Labute approximate surface area is 159 Å². The van der Waals surface area contributed by atoms with Crippen LogP contribution in [0.2, 0.25) is 0 Å². The topological polar surface area (TPSA) is 0 Å². The van der Waals surface area contributed by atoms with Gasteiger partial charge in [0.2, 0.25) is 0 Å². The molecule has 25 heavy (non-hydrogen) atoms. The zero-order valence-corrected chi connectivity index (χ0v) is 19.3. The van der Waals surface area contributed by atoms with Crippen molar-refractivity contribution < 1.29 is 0 Å². The van der Waals surface area contributed by atoms with E-state index in [1.165, 1.54) is 51.4 Å². The van der Waals surface area contributed by atoms with Crippen molar-refractivity contribution in [2.24, 2.45) is 0 Å². The lowest BCUT2D eigenvalue weighted by Crippen LogP contribution is -2.08. The highest BCUT2D eigenvalue weighted by molar-refractivity contribution is 7.90. The highest BCUT2D eigenvalue weighted by atomic mass is 31.2. The largest absolute Gasteiger partial charge is 0.125 e. The van der Waals surface area contributed by atoms with Crippen molar-refractivity contribution in [1.29, 1.82) is 0 Å². The second-order valence-electron chi connectivity index (χ2n) is 6.79. The molecule has 0 aromatic carbocycles. The molecule has 0 heterocycles. The van der Waals surface area contributed by atoms with Gasteiger partial charge in [-0.15, -0.1) is 0 Å². The second kappa shape index (κ2) is 13.6. The minimum absolute atomic E-state index is 1.23. The molecule has 0 atom stereocenters. The number of allylic oxidation sites excluding steroid dienone is 8. The van der Waals surface area contributed by atoms with Crippen molar-refractivity contribution >= 4 is 7.26 Å². The average Bonchev–Trinajstić information content (AvgIpc) is 2.63. The van der Waals surface area contributed by atoms with Crippen LogP contribution in [0.25, 0.3) is 0 Å². The van der Waals surface area contributed by atoms with Gasteiger partial charge < -0.3 is 0 Å². The SMILES string of the molecule is CC=C(CCC)[P+](C(=CC)CCC)(C(=CC)CCC)C(=CC)CCC. The summed E-state index contributed by atoms with van der Waals surface area (Å²) in [6.07, 6.45) is 19.7. The zero-order chi connectivity index (χ0) is 19.3. The van der Waals surface area contributed by atoms with Gasteiger partial charge in [0.05, 0.1) is 21.3 Å². The minimum atomic E-state index is -1.56. The van der Waals surface area contributed by atoms with Crippen LogP contribution in [0.15, 0.2) is 45.6 Å². The van der Waals surface area contributed by atoms with E-state index in [4.69, 9.17) is 0 Å². The summed E-state index contributed by atoms with van der Waals surface area (Å²) in [6.45, 7) is 18.4. The first-order valence-corrected chi connectivity index (χ1v) is 12.4. The quantitative estimate of drug-likeness (QED) is 0.303. The molecule has 0 rings (SSSR count). The molecule has 0 nitrogen and oxygen atoms in total. The van der Waals surface area contributed by atoms with Gasteiger partial charge in [-0.25, -0.2) is 0 Å². The Bertz CT molecular complexity index is 395. The van der Waals surface area contributed by atoms with Gasteiger partial charge >= 0.3 is 0 Å². The van der Waals surface area contributed by atoms with Crippen molar-refractivity contribution in [3.05, 3.63) is 45.6 Å². The van der Waals surface area contributed by atoms with Gasteiger partial charge in [-0.3, -0.25) is 0 Å². The third kappa shape index (κ3) is 5.68. The monoisotopic (exact) mass is 363 g/mol. The molecule has 1 heteroatoms. The first-order chi connectivity index (χ1) is 12.1. The second-order valence-corrected chi connectivity index (χ2v) is 10.4. The highest BCUT2D eigenvalue weighted by Crippen LogP contribution is 2.85. The van der Waals surface area contributed by atoms with Crippen LogP contribution in [0.4, 0.5) is 0 Å². The molecule has 0 aliphatic rings. The molecule has 0 N–H and O–H groups in total. The molecule has 0 unspecified atom stereocenters. The fraction of sp³-hybridized carbons (Fsp3) is 0.667. The number of hydrogen-bond acceptors (Lipinski definition) is 0. The maximum absolute atomic E-state index is 2.47. The zero-order valence-electron chi connectivity index (χ0n) is 18.4. The number of rotatable bonds is 12. The van der Waals surface area contributed by atoms with Gasteiger partial charge in [-0.05, 0) is 77.7 Å². The normalized spacial score (nSPS) is 17.0. The van der Waals surface area contributed by atoms with Gasteiger partial charge in [0, 0.05) is 25.7 Å². The third-order valence-electron chi connectivity index (χ3n) is 5.08. The van der Waals surface area contributed by atoms with Crippen LogP contribution in [0.1, 0.15) is 107 Å². The van der Waals surface area contributed by atoms with Crippen LogP contribution in [0, 0.1) is 0 Å². The molecule has 0 aromatic heterocycles. The Balaban J connectivity index is 6.92. The predicted molar refractivity (Wildman–Crippen MR) is 122 cm³/mol. The Hall–Kier alpha value is -0.610. The Morgan fingerprint density at radius 1 is 0.480 bits per heavy atom. The van der Waals surface area contributed by atoms with Crippen molar-refractivity contribution in [2.75, 3.05) is 0 Å². The summed E-state index contributed by atoms with van der Waals surface area (Å²) in [6, 6.07) is 0. The molecule has 0 fully saturated rings. The lowest BCUT2D eigenvalue weighted by Gasteiger charge is -2.35. The van der Waals surface area contributed by atoms with E-state index < -0.39 is 7.26 Å². The maximum Gasteiger partial charge on any atom is 0.125 e. The smallest absolute Gasteiger partial charge is 0.0649 e. The van der Waals surface area contributed by atoms with Gasteiger partial charge in [0.25, 0.3) is 0 Å². The van der Waals surface area contributed by atoms with Crippen LogP contribution in [-0.4, -0.2) is 0 Å². The van der Waals surface area contributed by atoms with Crippen LogP contribution < -0.4 is 0 Å². The Morgan fingerprint density at radius 3 is 0.800 bits per heavy atom. The summed E-state index contributed by atoms with van der Waals surface area (Å²) >= 11 is 0. The fourth-order valence-corrected chi connectivity index (χ4v) is 10.2. The van der Waals surface area contributed by atoms with E-state index in [1.807, 2.05) is 0 Å². The van der Waals surface area contributed by atoms with Crippen LogP contribution in [0.5, 0.6) is 0 Å². The van der Waals surface area contributed by atoms with E-state index in [9.17, 15) is 0 Å². The lowest BCUT2D eigenvalue weighted by atomic mass is 10.3. The summed E-state index contributed by atoms with van der Waals surface area (Å²) < 4.78 is 0. The molecule has 0 saturated carbocycles. The van der Waals surface area contributed by atoms with Crippen LogP contribution >= 0.6 is 7.26 Å². The third-order valence-corrected chi connectivity index (χ3v) is 10.5. The molecular weight excluding hydrogens is 319 g/mol. The summed E-state index contributed by atoms with van der Waals surface area (Å²) in [5, 5.41) is 6.89. The summed E-state index contributed by atoms with van der Waals surface area (Å²) in [5.41, 5.74) is 0. The van der Waals surface area contributed by atoms with Gasteiger partial charge in [0.1, 0.15) is 7.26 Å². The molecule has 0 saturated heterocycles. The van der Waals surface area contributed by atoms with Crippen molar-refractivity contribution in [1.82, 2.24) is 0 Å². The first-order valence-electron chi connectivity index (χ1n) is 10.6. The van der Waals surface area contributed by atoms with E-state index in [0.29, 0.717) is 0 Å². The fourth-order valence-electron chi connectivity index (χ4n) is 4.15. The predicted octanol–water partition coefficient (Wildman–Crippen LogP) is 9.82. The Kier molecular flexibility index (Phi) is 13.2. The van der Waals surface area contributed by atoms with Gasteiger partial charge in [-0.1, -0.05) is 27.7 Å². The highest BCUT2D eigenvalue weighted by Gasteiger charge is 2.51. The molecule has 0 aromatic rings. The summed E-state index contributed by atoms with van der Waals surface area (Å²) in [7, 11) is -1.56. The van der Waals surface area contributed by atoms with E-state index in [2.05, 4.69) is 79.7 Å². The number of hydrogen-bond donors (Lipinski definition) is 0. The van der Waals surface area contributed by atoms with Crippen LogP contribution in [-0.2, 0) is 0 Å². The maximum atomic E-state index is 2.47. The summed E-state index contributed by atoms with van der Waals surface area (Å²) in [4.78, 5) is 0. The van der Waals surface area contributed by atoms with Gasteiger partial charge in [-0.2, -0.15) is 0 Å². The molecule has 0 bridgehead atoms. The lowest BCUT2D eigenvalue weighted by molar-refractivity contribution is 0.898. The van der Waals surface area contributed by atoms with Crippen molar-refractivity contribution in [2.45, 2.75) is 107 Å². The van der Waals surface area contributed by atoms with E-state index in [-0.39, 0.29) is 0 Å². The van der Waals surface area contributed by atoms with Crippen molar-refractivity contribution in [3.63, 3.8) is 0 Å². The first kappa shape index (κ1) is 24.4. The molecule has 0 aliphatic carbocycles. The summed E-state index contributed by atoms with van der Waals surface area (Å²) in [5.74, 6) is 0. The van der Waals surface area contributed by atoms with Crippen LogP contribution in [0.3, 0.4) is 0 Å². The molecule has 0 spiro atoms. The molecule has 0 amide bonds. The standard InChI is InChI=1S/C24H44P/c1-9-17-21(13-5)25(22(14-6)18-10-2,23(15-7)19-11-3)24(16-8)20-12-4/h13-16H,9-12,17-20H2,1-8H3/q+1. The molecule has 0 radical (unpaired) electrons. The molecule has 144 valence electrons. The van der Waals surface area contributed by atoms with E-state index in [1.54, 1.807) is 21.3 Å². The average molecular weight is 364 g/mol. The Morgan fingerprint density at radius 2 is 0.680 bits per heavy atom. The van der Waals surface area contributed by atoms with E-state index in [0.717, 1.165) is 0 Å². The van der Waals surface area contributed by atoms with E-state index >= 15 is 0 Å².